The lowest BCUT2D eigenvalue weighted by atomic mass is 9.59. The van der Waals surface area contributed by atoms with Crippen LogP contribution >= 0.6 is 0 Å². The predicted octanol–water partition coefficient (Wildman–Crippen LogP) is 7.42. The molecular weight excluding hydrogens is 610 g/mol. The summed E-state index contributed by atoms with van der Waals surface area (Å²) in [6, 6.07) is 41.5. The molecule has 1 heterocycles. The van der Waals surface area contributed by atoms with E-state index in [1.807, 2.05) is 123 Å². The summed E-state index contributed by atoms with van der Waals surface area (Å²) in [5.74, 6) is -3.48. The van der Waals surface area contributed by atoms with E-state index in [9.17, 15) is 4.79 Å². The maximum Gasteiger partial charge on any atom is 0.308 e. The van der Waals surface area contributed by atoms with Gasteiger partial charge in [-0.05, 0) is 59.4 Å². The van der Waals surface area contributed by atoms with Crippen molar-refractivity contribution in [1.82, 2.24) is 0 Å². The van der Waals surface area contributed by atoms with Gasteiger partial charge in [0.1, 0.15) is 5.75 Å². The quantitative estimate of drug-likeness (QED) is 0.109. The number of ether oxygens (including phenoxy) is 1. The van der Waals surface area contributed by atoms with Gasteiger partial charge in [-0.3, -0.25) is 19.2 Å². The van der Waals surface area contributed by atoms with E-state index >= 15 is 14.4 Å². The Kier molecular flexibility index (Phi) is 6.90. The number of amides is 2. The number of benzene rings is 5. The number of fused-ring (bicyclic) bond motifs is 5. The van der Waals surface area contributed by atoms with Gasteiger partial charge < -0.3 is 4.74 Å². The number of ketones is 1. The fourth-order valence-corrected chi connectivity index (χ4v) is 8.67. The number of carbonyl (C=O) groups is 4. The highest BCUT2D eigenvalue weighted by molar-refractivity contribution is 6.39. The van der Waals surface area contributed by atoms with Gasteiger partial charge in [0.2, 0.25) is 11.8 Å². The molecule has 240 valence electrons. The summed E-state index contributed by atoms with van der Waals surface area (Å²) in [5.41, 5.74) is 3.90. The molecule has 0 N–H and O–H groups in total. The lowest BCUT2D eigenvalue weighted by molar-refractivity contribution is -0.132. The molecule has 0 spiro atoms. The SMILES string of the molecule is CC(=O)Oc1cccc(N2C(=O)[C@@H]3[C@@H](C2=O)[C@@]2(c4ccccc4)C(=O)[C@@]3(c3ccccc3)C(c3ccc(C)cc3)=C2c2ccc(C)cc2)c1. The monoisotopic (exact) mass is 643 g/mol. The molecule has 5 aromatic rings. The van der Waals surface area contributed by atoms with Crippen molar-refractivity contribution in [2.45, 2.75) is 31.6 Å². The topological polar surface area (TPSA) is 80.8 Å². The van der Waals surface area contributed by atoms with Gasteiger partial charge in [0.05, 0.1) is 28.4 Å². The van der Waals surface area contributed by atoms with Crippen molar-refractivity contribution in [3.8, 4) is 5.75 Å². The molecule has 0 radical (unpaired) electrons. The molecule has 0 unspecified atom stereocenters. The van der Waals surface area contributed by atoms with Crippen LogP contribution in [-0.4, -0.2) is 23.6 Å². The third-order valence-electron chi connectivity index (χ3n) is 10.5. The summed E-state index contributed by atoms with van der Waals surface area (Å²) in [4.78, 5) is 59.4. The van der Waals surface area contributed by atoms with Crippen LogP contribution in [0, 0.1) is 25.7 Å². The van der Waals surface area contributed by atoms with Crippen LogP contribution in [0.1, 0.15) is 40.3 Å². The maximum atomic E-state index is 16.0. The van der Waals surface area contributed by atoms with E-state index in [2.05, 4.69) is 0 Å². The molecule has 5 aromatic carbocycles. The van der Waals surface area contributed by atoms with E-state index in [0.29, 0.717) is 11.1 Å². The molecule has 8 rings (SSSR count). The Hall–Kier alpha value is -5.88. The number of hydrogen-bond donors (Lipinski definition) is 0. The number of carbonyl (C=O) groups excluding carboxylic acids is 4. The summed E-state index contributed by atoms with van der Waals surface area (Å²) in [7, 11) is 0. The zero-order chi connectivity index (χ0) is 34.1. The van der Waals surface area contributed by atoms with Gasteiger partial charge in [-0.25, -0.2) is 4.90 Å². The van der Waals surface area contributed by atoms with E-state index in [0.717, 1.165) is 33.4 Å². The number of esters is 1. The lowest BCUT2D eigenvalue weighted by Crippen LogP contribution is -2.45. The van der Waals surface area contributed by atoms with Crippen LogP contribution in [0.25, 0.3) is 11.1 Å². The Bertz CT molecular complexity index is 2080. The second-order valence-electron chi connectivity index (χ2n) is 13.2. The van der Waals surface area contributed by atoms with Crippen molar-refractivity contribution in [3.63, 3.8) is 0 Å². The number of Topliss-reactive ketones (excluding diaryl/α,β-unsaturated/α-hetero) is 1. The summed E-state index contributed by atoms with van der Waals surface area (Å²) in [5, 5.41) is 0. The second-order valence-corrected chi connectivity index (χ2v) is 13.2. The summed E-state index contributed by atoms with van der Waals surface area (Å²) in [6.45, 7) is 5.32. The van der Waals surface area contributed by atoms with Crippen LogP contribution in [0.4, 0.5) is 5.69 Å². The van der Waals surface area contributed by atoms with Gasteiger partial charge in [0.25, 0.3) is 0 Å². The molecule has 4 atom stereocenters. The largest absolute Gasteiger partial charge is 0.427 e. The molecule has 2 amide bonds. The van der Waals surface area contributed by atoms with Crippen LogP contribution in [0.2, 0.25) is 0 Å². The average molecular weight is 644 g/mol. The minimum atomic E-state index is -1.49. The number of imide groups is 1. The molecule has 0 aromatic heterocycles. The maximum absolute atomic E-state index is 16.0. The van der Waals surface area contributed by atoms with Crippen molar-refractivity contribution in [2.24, 2.45) is 11.8 Å². The van der Waals surface area contributed by atoms with E-state index in [1.165, 1.54) is 17.9 Å². The summed E-state index contributed by atoms with van der Waals surface area (Å²) < 4.78 is 5.35. The summed E-state index contributed by atoms with van der Waals surface area (Å²) >= 11 is 0. The van der Waals surface area contributed by atoms with E-state index < -0.39 is 40.4 Å². The van der Waals surface area contributed by atoms with Crippen molar-refractivity contribution in [3.05, 3.63) is 167 Å². The highest BCUT2D eigenvalue weighted by atomic mass is 16.5. The van der Waals surface area contributed by atoms with Crippen molar-refractivity contribution < 1.29 is 23.9 Å². The lowest BCUT2D eigenvalue weighted by Gasteiger charge is -2.39. The van der Waals surface area contributed by atoms with Gasteiger partial charge in [-0.15, -0.1) is 0 Å². The highest BCUT2D eigenvalue weighted by Gasteiger charge is 2.82. The van der Waals surface area contributed by atoms with E-state index in [4.69, 9.17) is 4.74 Å². The molecular formula is C43H33NO5. The standard InChI is InChI=1S/C43H33NO5/c1-26-17-21-29(22-18-26)35-36(30-23-19-27(2)20-24-30)43(32-13-8-5-9-14-32)38-37(42(35,41(43)48)31-11-6-4-7-12-31)39(46)44(40(38)47)33-15-10-16-34(25-33)49-28(3)45/h4-25,37-38H,1-3H3/t37-,38-,42-,43-/m0/s1. The number of anilines is 1. The number of aryl methyl sites for hydroxylation is 2. The Morgan fingerprint density at radius 3 is 1.47 bits per heavy atom. The Morgan fingerprint density at radius 2 is 1.04 bits per heavy atom. The molecule has 2 fully saturated rings. The number of allylic oxidation sites excluding steroid dienone is 2. The van der Waals surface area contributed by atoms with Gasteiger partial charge in [0.15, 0.2) is 5.78 Å². The number of hydrogen-bond acceptors (Lipinski definition) is 5. The van der Waals surface area contributed by atoms with Crippen LogP contribution in [-0.2, 0) is 30.0 Å². The first-order valence-corrected chi connectivity index (χ1v) is 16.4. The molecule has 3 aliphatic rings. The third kappa shape index (κ3) is 4.13. The Labute approximate surface area is 284 Å². The number of rotatable bonds is 6. The van der Waals surface area contributed by atoms with Gasteiger partial charge in [0, 0.05) is 13.0 Å². The second kappa shape index (κ2) is 11.1. The smallest absolute Gasteiger partial charge is 0.308 e. The minimum absolute atomic E-state index is 0.173. The molecule has 2 bridgehead atoms. The normalized spacial score (nSPS) is 24.1. The molecule has 6 nitrogen and oxygen atoms in total. The zero-order valence-electron chi connectivity index (χ0n) is 27.3. The molecule has 6 heteroatoms. The van der Waals surface area contributed by atoms with Crippen LogP contribution in [0.15, 0.2) is 133 Å². The molecule has 2 aliphatic carbocycles. The molecule has 1 saturated carbocycles. The van der Waals surface area contributed by atoms with Crippen molar-refractivity contribution in [2.75, 3.05) is 4.90 Å². The minimum Gasteiger partial charge on any atom is -0.427 e. The van der Waals surface area contributed by atoms with Gasteiger partial charge in [-0.2, -0.15) is 0 Å². The van der Waals surface area contributed by atoms with Crippen LogP contribution in [0.5, 0.6) is 5.75 Å². The first kappa shape index (κ1) is 30.5. The Morgan fingerprint density at radius 1 is 0.592 bits per heavy atom. The molecule has 1 saturated heterocycles. The average Bonchev–Trinajstić information content (AvgIpc) is 3.61. The first-order chi connectivity index (χ1) is 23.7. The highest BCUT2D eigenvalue weighted by Crippen LogP contribution is 2.74. The van der Waals surface area contributed by atoms with E-state index in [-0.39, 0.29) is 17.2 Å². The Balaban J connectivity index is 1.51. The van der Waals surface area contributed by atoms with Gasteiger partial charge in [-0.1, -0.05) is 126 Å². The predicted molar refractivity (Wildman–Crippen MR) is 188 cm³/mol. The van der Waals surface area contributed by atoms with E-state index in [1.54, 1.807) is 18.2 Å². The van der Waals surface area contributed by atoms with Gasteiger partial charge >= 0.3 is 5.97 Å². The fourth-order valence-electron chi connectivity index (χ4n) is 8.67. The summed E-state index contributed by atoms with van der Waals surface area (Å²) in [6.07, 6.45) is 0. The molecule has 49 heavy (non-hydrogen) atoms. The van der Waals surface area contributed by atoms with Crippen molar-refractivity contribution in [1.29, 1.82) is 0 Å². The van der Waals surface area contributed by atoms with Crippen LogP contribution in [0.3, 0.4) is 0 Å². The fraction of sp³-hybridized carbons (Fsp3) is 0.163. The zero-order valence-corrected chi connectivity index (χ0v) is 27.3. The van der Waals surface area contributed by atoms with Crippen LogP contribution < -0.4 is 9.64 Å². The van der Waals surface area contributed by atoms with Crippen molar-refractivity contribution >= 4 is 40.4 Å². The first-order valence-electron chi connectivity index (χ1n) is 16.4. The third-order valence-corrected chi connectivity index (χ3v) is 10.5. The molecule has 1 aliphatic heterocycles. The number of nitrogens with zero attached hydrogens (tertiary/aromatic N) is 1.